The Bertz CT molecular complexity index is 207. The molecule has 0 aliphatic heterocycles. The van der Waals surface area contributed by atoms with Crippen molar-refractivity contribution in [2.75, 3.05) is 0 Å². The summed E-state index contributed by atoms with van der Waals surface area (Å²) in [5.41, 5.74) is 5.53. The molecular formula is C7H10ClNO. The van der Waals surface area contributed by atoms with Crippen LogP contribution in [0.5, 0.6) is 0 Å². The van der Waals surface area contributed by atoms with E-state index in [1.807, 2.05) is 13.0 Å². The molecule has 0 aliphatic carbocycles. The van der Waals surface area contributed by atoms with Crippen LogP contribution < -0.4 is 5.73 Å². The summed E-state index contributed by atoms with van der Waals surface area (Å²) in [4.78, 5) is 0. The van der Waals surface area contributed by atoms with Gasteiger partial charge in [-0.25, -0.2) is 0 Å². The molecule has 2 nitrogen and oxygen atoms in total. The van der Waals surface area contributed by atoms with E-state index in [9.17, 15) is 0 Å². The van der Waals surface area contributed by atoms with Crippen LogP contribution in [0.1, 0.15) is 12.7 Å². The van der Waals surface area contributed by atoms with Crippen LogP contribution in [0, 0.1) is 0 Å². The third kappa shape index (κ3) is 2.05. The van der Waals surface area contributed by atoms with E-state index in [4.69, 9.17) is 21.8 Å². The number of rotatable bonds is 2. The Labute approximate surface area is 65.0 Å². The van der Waals surface area contributed by atoms with Gasteiger partial charge in [-0.3, -0.25) is 0 Å². The molecule has 0 saturated carbocycles. The van der Waals surface area contributed by atoms with Crippen molar-refractivity contribution in [3.05, 3.63) is 23.1 Å². The summed E-state index contributed by atoms with van der Waals surface area (Å²) in [5, 5.41) is 0.427. The van der Waals surface area contributed by atoms with Gasteiger partial charge in [-0.1, -0.05) is 0 Å². The van der Waals surface area contributed by atoms with Crippen molar-refractivity contribution < 1.29 is 4.42 Å². The topological polar surface area (TPSA) is 39.2 Å². The fourth-order valence-corrected chi connectivity index (χ4v) is 0.941. The van der Waals surface area contributed by atoms with Gasteiger partial charge in [-0.05, 0) is 30.7 Å². The Morgan fingerprint density at radius 2 is 2.40 bits per heavy atom. The van der Waals surface area contributed by atoms with E-state index in [-0.39, 0.29) is 6.04 Å². The zero-order valence-corrected chi connectivity index (χ0v) is 6.56. The molecule has 2 N–H and O–H groups in total. The van der Waals surface area contributed by atoms with Crippen LogP contribution in [0.25, 0.3) is 0 Å². The van der Waals surface area contributed by atoms with Gasteiger partial charge in [0, 0.05) is 12.5 Å². The molecule has 1 heterocycles. The van der Waals surface area contributed by atoms with Gasteiger partial charge in [0.2, 0.25) is 0 Å². The van der Waals surface area contributed by atoms with Gasteiger partial charge in [-0.2, -0.15) is 0 Å². The van der Waals surface area contributed by atoms with Gasteiger partial charge in [0.15, 0.2) is 5.22 Å². The lowest BCUT2D eigenvalue weighted by atomic mass is 10.2. The van der Waals surface area contributed by atoms with Crippen molar-refractivity contribution in [1.29, 1.82) is 0 Å². The van der Waals surface area contributed by atoms with E-state index in [0.717, 1.165) is 12.2 Å². The average molecular weight is 160 g/mol. The molecule has 3 heteroatoms. The molecule has 1 aromatic rings. The van der Waals surface area contributed by atoms with Gasteiger partial charge in [0.25, 0.3) is 0 Å². The molecule has 0 bridgehead atoms. The Morgan fingerprint density at radius 1 is 1.70 bits per heavy atom. The van der Waals surface area contributed by atoms with Crippen molar-refractivity contribution in [3.63, 3.8) is 0 Å². The first-order chi connectivity index (χ1) is 4.68. The van der Waals surface area contributed by atoms with Gasteiger partial charge in [0.05, 0.1) is 0 Å². The number of nitrogens with two attached hydrogens (primary N) is 1. The second-order valence-electron chi connectivity index (χ2n) is 2.39. The lowest BCUT2D eigenvalue weighted by Crippen LogP contribution is -2.17. The minimum atomic E-state index is 0.127. The van der Waals surface area contributed by atoms with E-state index in [2.05, 4.69) is 0 Å². The smallest absolute Gasteiger partial charge is 0.193 e. The van der Waals surface area contributed by atoms with Crippen LogP contribution in [-0.4, -0.2) is 6.04 Å². The van der Waals surface area contributed by atoms with Crippen LogP contribution >= 0.6 is 11.6 Å². The number of hydrogen-bond donors (Lipinski definition) is 1. The minimum Gasteiger partial charge on any atom is -0.450 e. The Kier molecular flexibility index (Phi) is 2.35. The summed E-state index contributed by atoms with van der Waals surface area (Å²) >= 11 is 5.54. The third-order valence-electron chi connectivity index (χ3n) is 1.15. The molecule has 1 aromatic heterocycles. The maximum atomic E-state index is 5.54. The molecule has 1 atom stereocenters. The van der Waals surface area contributed by atoms with E-state index in [1.165, 1.54) is 0 Å². The SMILES string of the molecule is C[C@H](N)Cc1ccc(Cl)o1. The van der Waals surface area contributed by atoms with Gasteiger partial charge < -0.3 is 10.2 Å². The van der Waals surface area contributed by atoms with Crippen molar-refractivity contribution in [1.82, 2.24) is 0 Å². The molecule has 0 unspecified atom stereocenters. The Morgan fingerprint density at radius 3 is 2.80 bits per heavy atom. The fourth-order valence-electron chi connectivity index (χ4n) is 0.779. The van der Waals surface area contributed by atoms with E-state index in [0.29, 0.717) is 5.22 Å². The lowest BCUT2D eigenvalue weighted by molar-refractivity contribution is 0.494. The van der Waals surface area contributed by atoms with Crippen molar-refractivity contribution in [3.8, 4) is 0 Å². The maximum Gasteiger partial charge on any atom is 0.193 e. The summed E-state index contributed by atoms with van der Waals surface area (Å²) in [6, 6.07) is 3.69. The first-order valence-corrected chi connectivity index (χ1v) is 3.56. The number of hydrogen-bond acceptors (Lipinski definition) is 2. The highest BCUT2D eigenvalue weighted by molar-refractivity contribution is 6.28. The van der Waals surface area contributed by atoms with Crippen LogP contribution in [0.4, 0.5) is 0 Å². The first-order valence-electron chi connectivity index (χ1n) is 3.18. The lowest BCUT2D eigenvalue weighted by Gasteiger charge is -1.98. The average Bonchev–Trinajstić information content (AvgIpc) is 2.13. The monoisotopic (exact) mass is 159 g/mol. The molecule has 0 saturated heterocycles. The van der Waals surface area contributed by atoms with Crippen molar-refractivity contribution in [2.24, 2.45) is 5.73 Å². The molecule has 0 amide bonds. The molecule has 0 fully saturated rings. The van der Waals surface area contributed by atoms with E-state index < -0.39 is 0 Å². The zero-order valence-electron chi connectivity index (χ0n) is 5.80. The summed E-state index contributed by atoms with van der Waals surface area (Å²) in [6.07, 6.45) is 0.743. The van der Waals surface area contributed by atoms with Crippen LogP contribution in [0.15, 0.2) is 16.5 Å². The third-order valence-corrected chi connectivity index (χ3v) is 1.36. The van der Waals surface area contributed by atoms with Crippen molar-refractivity contribution in [2.45, 2.75) is 19.4 Å². The standard InChI is InChI=1S/C7H10ClNO/c1-5(9)4-6-2-3-7(8)10-6/h2-3,5H,4,9H2,1H3/t5-/m0/s1. The molecule has 56 valence electrons. The molecule has 0 aromatic carbocycles. The Hall–Kier alpha value is -0.470. The predicted molar refractivity (Wildman–Crippen MR) is 41.1 cm³/mol. The zero-order chi connectivity index (χ0) is 7.56. The van der Waals surface area contributed by atoms with E-state index >= 15 is 0 Å². The summed E-state index contributed by atoms with van der Waals surface area (Å²) in [6.45, 7) is 1.93. The van der Waals surface area contributed by atoms with Gasteiger partial charge in [-0.15, -0.1) is 0 Å². The highest BCUT2D eigenvalue weighted by Gasteiger charge is 2.01. The molecule has 0 radical (unpaired) electrons. The van der Waals surface area contributed by atoms with Crippen LogP contribution in [0.2, 0.25) is 5.22 Å². The second-order valence-corrected chi connectivity index (χ2v) is 2.76. The maximum absolute atomic E-state index is 5.54. The quantitative estimate of drug-likeness (QED) is 0.715. The highest BCUT2D eigenvalue weighted by Crippen LogP contribution is 2.13. The van der Waals surface area contributed by atoms with Crippen molar-refractivity contribution >= 4 is 11.6 Å². The summed E-state index contributed by atoms with van der Waals surface area (Å²) in [7, 11) is 0. The Balaban J connectivity index is 2.58. The molecule has 1 rings (SSSR count). The van der Waals surface area contributed by atoms with Gasteiger partial charge in [0.1, 0.15) is 5.76 Å². The summed E-state index contributed by atoms with van der Waals surface area (Å²) in [5.74, 6) is 0.847. The largest absolute Gasteiger partial charge is 0.450 e. The normalized spacial score (nSPS) is 13.5. The molecule has 0 spiro atoms. The minimum absolute atomic E-state index is 0.127. The van der Waals surface area contributed by atoms with Crippen LogP contribution in [0.3, 0.4) is 0 Å². The van der Waals surface area contributed by atoms with E-state index in [1.54, 1.807) is 6.07 Å². The molecule has 10 heavy (non-hydrogen) atoms. The van der Waals surface area contributed by atoms with Crippen LogP contribution in [-0.2, 0) is 6.42 Å². The highest BCUT2D eigenvalue weighted by atomic mass is 35.5. The predicted octanol–water partition coefficient (Wildman–Crippen LogP) is 1.82. The first kappa shape index (κ1) is 7.63. The van der Waals surface area contributed by atoms with Gasteiger partial charge >= 0.3 is 0 Å². The number of halogens is 1. The number of furan rings is 1. The second kappa shape index (κ2) is 3.08. The fraction of sp³-hybridized carbons (Fsp3) is 0.429. The molecular weight excluding hydrogens is 150 g/mol. The molecule has 0 aliphatic rings. The summed E-state index contributed by atoms with van der Waals surface area (Å²) < 4.78 is 5.08.